The molecule has 0 heterocycles. The minimum atomic E-state index is -0.560. The quantitative estimate of drug-likeness (QED) is 0.473. The molecule has 0 aliphatic carbocycles. The number of carbonyl (C=O) groups is 2. The Hall–Kier alpha value is -1.50. The number of nitrogens with zero attached hydrogens (tertiary/aromatic N) is 1. The predicted octanol–water partition coefficient (Wildman–Crippen LogP) is 5.38. The second-order valence-corrected chi connectivity index (χ2v) is 9.61. The molecule has 29 heavy (non-hydrogen) atoms. The minimum Gasteiger partial charge on any atom is -0.354 e. The third-order valence-electron chi connectivity index (χ3n) is 4.29. The summed E-state index contributed by atoms with van der Waals surface area (Å²) in [7, 11) is 0. The van der Waals surface area contributed by atoms with Gasteiger partial charge in [0.15, 0.2) is 0 Å². The average molecular weight is 498 g/mol. The Labute approximate surface area is 190 Å². The van der Waals surface area contributed by atoms with Crippen molar-refractivity contribution in [2.45, 2.75) is 38.3 Å². The largest absolute Gasteiger partial charge is 0.354 e. The van der Waals surface area contributed by atoms with Crippen LogP contribution < -0.4 is 5.32 Å². The van der Waals surface area contributed by atoms with Gasteiger partial charge in [0.2, 0.25) is 11.8 Å². The number of amides is 2. The molecule has 1 N–H and O–H groups in total. The molecular formula is C22H26BrClN2O2S. The molecule has 0 saturated carbocycles. The smallest absolute Gasteiger partial charge is 0.242 e. The van der Waals surface area contributed by atoms with E-state index in [1.54, 1.807) is 24.0 Å². The molecule has 0 radical (unpaired) electrons. The minimum absolute atomic E-state index is 0.0833. The van der Waals surface area contributed by atoms with Gasteiger partial charge in [0, 0.05) is 27.5 Å². The van der Waals surface area contributed by atoms with E-state index in [4.69, 9.17) is 11.6 Å². The van der Waals surface area contributed by atoms with Gasteiger partial charge in [-0.05, 0) is 54.8 Å². The van der Waals surface area contributed by atoms with Gasteiger partial charge in [0.05, 0.1) is 5.75 Å². The molecule has 2 amide bonds. The van der Waals surface area contributed by atoms with Crippen molar-refractivity contribution < 1.29 is 9.59 Å². The van der Waals surface area contributed by atoms with E-state index in [-0.39, 0.29) is 17.6 Å². The van der Waals surface area contributed by atoms with Crippen LogP contribution in [0, 0.1) is 5.92 Å². The number of thioether (sulfide) groups is 1. The average Bonchev–Trinajstić information content (AvgIpc) is 2.70. The number of nitrogens with one attached hydrogen (secondary N) is 1. The molecule has 156 valence electrons. The SMILES string of the molecule is CC(C)CNC(=O)[C@H](C)N(Cc1ccc(Br)cc1)C(=O)CSc1ccc(Cl)cc1. The van der Waals surface area contributed by atoms with Gasteiger partial charge in [-0.25, -0.2) is 0 Å². The van der Waals surface area contributed by atoms with Crippen LogP contribution in [0.5, 0.6) is 0 Å². The highest BCUT2D eigenvalue weighted by Crippen LogP contribution is 2.22. The maximum atomic E-state index is 13.0. The zero-order chi connectivity index (χ0) is 21.4. The molecule has 0 unspecified atom stereocenters. The Morgan fingerprint density at radius 2 is 1.69 bits per heavy atom. The van der Waals surface area contributed by atoms with E-state index in [9.17, 15) is 9.59 Å². The number of hydrogen-bond acceptors (Lipinski definition) is 3. The molecule has 0 spiro atoms. The van der Waals surface area contributed by atoms with Gasteiger partial charge in [-0.15, -0.1) is 11.8 Å². The van der Waals surface area contributed by atoms with Crippen molar-refractivity contribution in [3.05, 3.63) is 63.6 Å². The third kappa shape index (κ3) is 8.03. The summed E-state index contributed by atoms with van der Waals surface area (Å²) >= 11 is 10.8. The lowest BCUT2D eigenvalue weighted by molar-refractivity contribution is -0.138. The van der Waals surface area contributed by atoms with Crippen LogP contribution in [0.3, 0.4) is 0 Å². The van der Waals surface area contributed by atoms with Crippen molar-refractivity contribution in [3.8, 4) is 0 Å². The molecule has 0 aromatic heterocycles. The van der Waals surface area contributed by atoms with Crippen LogP contribution in [0.4, 0.5) is 0 Å². The summed E-state index contributed by atoms with van der Waals surface area (Å²) in [5.74, 6) is 0.378. The van der Waals surface area contributed by atoms with E-state index in [0.29, 0.717) is 24.0 Å². The van der Waals surface area contributed by atoms with Crippen LogP contribution in [-0.4, -0.2) is 35.1 Å². The molecule has 2 aromatic rings. The van der Waals surface area contributed by atoms with Gasteiger partial charge >= 0.3 is 0 Å². The Kier molecular flexibility index (Phi) is 9.53. The highest BCUT2D eigenvalue weighted by molar-refractivity contribution is 9.10. The second-order valence-electron chi connectivity index (χ2n) is 7.21. The monoisotopic (exact) mass is 496 g/mol. The summed E-state index contributed by atoms with van der Waals surface area (Å²) in [5.41, 5.74) is 0.974. The van der Waals surface area contributed by atoms with Crippen LogP contribution in [0.1, 0.15) is 26.3 Å². The molecule has 1 atom stereocenters. The number of carbonyl (C=O) groups excluding carboxylic acids is 2. The molecular weight excluding hydrogens is 472 g/mol. The normalized spacial score (nSPS) is 11.9. The van der Waals surface area contributed by atoms with Crippen LogP contribution in [0.15, 0.2) is 57.9 Å². The van der Waals surface area contributed by atoms with Crippen molar-refractivity contribution in [3.63, 3.8) is 0 Å². The van der Waals surface area contributed by atoms with Crippen molar-refractivity contribution in [1.82, 2.24) is 10.2 Å². The zero-order valence-electron chi connectivity index (χ0n) is 16.8. The zero-order valence-corrected chi connectivity index (χ0v) is 20.0. The van der Waals surface area contributed by atoms with Gasteiger partial charge in [0.1, 0.15) is 6.04 Å². The number of hydrogen-bond donors (Lipinski definition) is 1. The van der Waals surface area contributed by atoms with Crippen molar-refractivity contribution in [2.75, 3.05) is 12.3 Å². The topological polar surface area (TPSA) is 49.4 Å². The molecule has 2 rings (SSSR count). The molecule has 0 saturated heterocycles. The van der Waals surface area contributed by atoms with Gasteiger partial charge in [-0.3, -0.25) is 9.59 Å². The van der Waals surface area contributed by atoms with E-state index in [0.717, 1.165) is 14.9 Å². The van der Waals surface area contributed by atoms with E-state index in [2.05, 4.69) is 21.2 Å². The van der Waals surface area contributed by atoms with Crippen molar-refractivity contribution in [2.24, 2.45) is 5.92 Å². The maximum absolute atomic E-state index is 13.0. The molecule has 4 nitrogen and oxygen atoms in total. The molecule has 2 aromatic carbocycles. The fourth-order valence-electron chi connectivity index (χ4n) is 2.58. The Morgan fingerprint density at radius 1 is 1.07 bits per heavy atom. The maximum Gasteiger partial charge on any atom is 0.242 e. The standard InChI is InChI=1S/C22H26BrClN2O2S/c1-15(2)12-25-22(28)16(3)26(13-17-4-6-18(23)7-5-17)21(27)14-29-20-10-8-19(24)9-11-20/h4-11,15-16H,12-14H2,1-3H3,(H,25,28)/t16-/m0/s1. The highest BCUT2D eigenvalue weighted by atomic mass is 79.9. The number of halogens is 2. The van der Waals surface area contributed by atoms with Gasteiger partial charge < -0.3 is 10.2 Å². The fourth-order valence-corrected chi connectivity index (χ4v) is 3.76. The first-order valence-electron chi connectivity index (χ1n) is 9.46. The number of benzene rings is 2. The van der Waals surface area contributed by atoms with Crippen molar-refractivity contribution >= 4 is 51.1 Å². The first kappa shape index (κ1) is 23.8. The summed E-state index contributed by atoms with van der Waals surface area (Å²) in [6, 6.07) is 14.6. The van der Waals surface area contributed by atoms with Crippen LogP contribution in [0.2, 0.25) is 5.02 Å². The Morgan fingerprint density at radius 3 is 2.28 bits per heavy atom. The van der Waals surface area contributed by atoms with E-state index in [1.807, 2.05) is 50.2 Å². The van der Waals surface area contributed by atoms with Gasteiger partial charge in [0.25, 0.3) is 0 Å². The van der Waals surface area contributed by atoms with Crippen LogP contribution in [-0.2, 0) is 16.1 Å². The third-order valence-corrected chi connectivity index (χ3v) is 6.07. The van der Waals surface area contributed by atoms with E-state index in [1.165, 1.54) is 11.8 Å². The first-order chi connectivity index (χ1) is 13.8. The lowest BCUT2D eigenvalue weighted by Gasteiger charge is -2.29. The second kappa shape index (κ2) is 11.6. The first-order valence-corrected chi connectivity index (χ1v) is 11.6. The lowest BCUT2D eigenvalue weighted by atomic mass is 10.1. The predicted molar refractivity (Wildman–Crippen MR) is 124 cm³/mol. The Bertz CT molecular complexity index is 813. The molecule has 0 aliphatic heterocycles. The molecule has 7 heteroatoms. The lowest BCUT2D eigenvalue weighted by Crippen LogP contribution is -2.48. The van der Waals surface area contributed by atoms with Gasteiger partial charge in [-0.2, -0.15) is 0 Å². The van der Waals surface area contributed by atoms with Crippen LogP contribution >= 0.6 is 39.3 Å². The van der Waals surface area contributed by atoms with Crippen LogP contribution in [0.25, 0.3) is 0 Å². The summed E-state index contributed by atoms with van der Waals surface area (Å²) < 4.78 is 0.972. The van der Waals surface area contributed by atoms with Gasteiger partial charge in [-0.1, -0.05) is 53.5 Å². The molecule has 0 aliphatic rings. The Balaban J connectivity index is 2.10. The molecule has 0 bridgehead atoms. The summed E-state index contributed by atoms with van der Waals surface area (Å²) in [5, 5.41) is 3.59. The summed E-state index contributed by atoms with van der Waals surface area (Å²) in [4.78, 5) is 28.2. The number of rotatable bonds is 9. The summed E-state index contributed by atoms with van der Waals surface area (Å²) in [6.45, 7) is 6.82. The van der Waals surface area contributed by atoms with E-state index >= 15 is 0 Å². The van der Waals surface area contributed by atoms with Crippen molar-refractivity contribution in [1.29, 1.82) is 0 Å². The fraction of sp³-hybridized carbons (Fsp3) is 0.364. The summed E-state index contributed by atoms with van der Waals surface area (Å²) in [6.07, 6.45) is 0. The molecule has 0 fully saturated rings. The highest BCUT2D eigenvalue weighted by Gasteiger charge is 2.26. The van der Waals surface area contributed by atoms with E-state index < -0.39 is 6.04 Å².